The third kappa shape index (κ3) is 4.76. The third-order valence-electron chi connectivity index (χ3n) is 4.55. The maximum Gasteiger partial charge on any atom is 0.433 e. The molecule has 0 atom stereocenters. The molecule has 3 rings (SSSR count). The number of rotatable bonds is 8. The van der Waals surface area contributed by atoms with E-state index in [1.165, 1.54) is 18.4 Å². The first-order valence-electron chi connectivity index (χ1n) is 9.36. The molecule has 0 unspecified atom stereocenters. The zero-order valence-corrected chi connectivity index (χ0v) is 16.2. The van der Waals surface area contributed by atoms with E-state index in [-0.39, 0.29) is 22.8 Å². The minimum Gasteiger partial charge on any atom is -0.463 e. The quantitative estimate of drug-likeness (QED) is 0.577. The summed E-state index contributed by atoms with van der Waals surface area (Å²) in [4.78, 5) is 18.7. The number of alkyl halides is 3. The summed E-state index contributed by atoms with van der Waals surface area (Å²) in [5.41, 5.74) is -1.22. The molecular weight excluding hydrogens is 387 g/mol. The van der Waals surface area contributed by atoms with Gasteiger partial charge in [0.1, 0.15) is 5.69 Å². The van der Waals surface area contributed by atoms with Gasteiger partial charge >= 0.3 is 6.18 Å². The molecule has 7 nitrogen and oxygen atoms in total. The van der Waals surface area contributed by atoms with Gasteiger partial charge in [-0.05, 0) is 44.3 Å². The van der Waals surface area contributed by atoms with Crippen molar-refractivity contribution in [2.45, 2.75) is 26.4 Å². The van der Waals surface area contributed by atoms with Gasteiger partial charge in [-0.1, -0.05) is 13.8 Å². The molecule has 0 saturated carbocycles. The van der Waals surface area contributed by atoms with Crippen LogP contribution in [-0.4, -0.2) is 51.6 Å². The van der Waals surface area contributed by atoms with Gasteiger partial charge in [-0.15, -0.1) is 0 Å². The number of carbonyl (C=O) groups excluding carboxylic acids is 1. The van der Waals surface area contributed by atoms with Crippen LogP contribution in [0.4, 0.5) is 13.2 Å². The number of hydrogen-bond donors (Lipinski definition) is 1. The second-order valence-electron chi connectivity index (χ2n) is 6.44. The predicted molar refractivity (Wildman–Crippen MR) is 100 cm³/mol. The summed E-state index contributed by atoms with van der Waals surface area (Å²) in [6.45, 7) is 7.18. The van der Waals surface area contributed by atoms with E-state index >= 15 is 0 Å². The minimum atomic E-state index is -4.67. The molecule has 10 heteroatoms. The molecule has 29 heavy (non-hydrogen) atoms. The molecule has 0 saturated heterocycles. The fourth-order valence-corrected chi connectivity index (χ4v) is 2.97. The van der Waals surface area contributed by atoms with E-state index in [9.17, 15) is 18.0 Å². The SMILES string of the molecule is CCN(CC)CCCNC(=O)c1cc2nc(-c3ccco3)cc(C(F)(F)F)n2n1. The highest BCUT2D eigenvalue weighted by molar-refractivity contribution is 5.93. The highest BCUT2D eigenvalue weighted by atomic mass is 19.4. The first-order valence-corrected chi connectivity index (χ1v) is 9.36. The van der Waals surface area contributed by atoms with Crippen molar-refractivity contribution in [1.82, 2.24) is 24.8 Å². The normalized spacial score (nSPS) is 12.1. The van der Waals surface area contributed by atoms with Crippen LogP contribution in [0.5, 0.6) is 0 Å². The van der Waals surface area contributed by atoms with Crippen LogP contribution >= 0.6 is 0 Å². The van der Waals surface area contributed by atoms with Gasteiger partial charge in [0.2, 0.25) is 0 Å². The molecule has 0 aliphatic rings. The van der Waals surface area contributed by atoms with Gasteiger partial charge < -0.3 is 14.6 Å². The Bertz CT molecular complexity index is 962. The van der Waals surface area contributed by atoms with Crippen molar-refractivity contribution in [3.8, 4) is 11.5 Å². The van der Waals surface area contributed by atoms with Crippen LogP contribution in [-0.2, 0) is 6.18 Å². The maximum atomic E-state index is 13.5. The number of fused-ring (bicyclic) bond motifs is 1. The number of aromatic nitrogens is 3. The van der Waals surface area contributed by atoms with E-state index in [0.29, 0.717) is 11.1 Å². The Morgan fingerprint density at radius 1 is 1.28 bits per heavy atom. The molecule has 0 radical (unpaired) electrons. The summed E-state index contributed by atoms with van der Waals surface area (Å²) in [5, 5.41) is 6.52. The number of furan rings is 1. The summed E-state index contributed by atoms with van der Waals surface area (Å²) in [6, 6.07) is 5.16. The van der Waals surface area contributed by atoms with Crippen LogP contribution < -0.4 is 5.32 Å². The molecule has 3 aromatic rings. The molecule has 0 aromatic carbocycles. The summed E-state index contributed by atoms with van der Waals surface area (Å²) in [5.74, 6) is -0.343. The third-order valence-corrected chi connectivity index (χ3v) is 4.55. The zero-order valence-electron chi connectivity index (χ0n) is 16.2. The summed E-state index contributed by atoms with van der Waals surface area (Å²) in [6.07, 6.45) is -2.59. The molecule has 1 N–H and O–H groups in total. The number of nitrogens with zero attached hydrogens (tertiary/aromatic N) is 4. The largest absolute Gasteiger partial charge is 0.463 e. The Hall–Kier alpha value is -2.88. The van der Waals surface area contributed by atoms with E-state index in [4.69, 9.17) is 4.42 Å². The average molecular weight is 409 g/mol. The molecular formula is C19H22F3N5O2. The number of hydrogen-bond acceptors (Lipinski definition) is 5. The van der Waals surface area contributed by atoms with Crippen molar-refractivity contribution in [1.29, 1.82) is 0 Å². The monoisotopic (exact) mass is 409 g/mol. The Kier molecular flexibility index (Phi) is 6.21. The van der Waals surface area contributed by atoms with Gasteiger partial charge in [0.25, 0.3) is 5.91 Å². The van der Waals surface area contributed by atoms with Gasteiger partial charge in [0.05, 0.1) is 6.26 Å². The maximum absolute atomic E-state index is 13.5. The molecule has 3 aromatic heterocycles. The number of carbonyl (C=O) groups is 1. The molecule has 0 aliphatic heterocycles. The lowest BCUT2D eigenvalue weighted by molar-refractivity contribution is -0.142. The van der Waals surface area contributed by atoms with Crippen LogP contribution in [0.2, 0.25) is 0 Å². The van der Waals surface area contributed by atoms with E-state index in [2.05, 4.69) is 34.1 Å². The smallest absolute Gasteiger partial charge is 0.433 e. The number of amides is 1. The van der Waals surface area contributed by atoms with Gasteiger partial charge in [-0.3, -0.25) is 4.79 Å². The molecule has 0 spiro atoms. The second-order valence-corrected chi connectivity index (χ2v) is 6.44. The Labute approximate surface area is 165 Å². The molecule has 156 valence electrons. The Balaban J connectivity index is 1.82. The first-order chi connectivity index (χ1) is 13.8. The minimum absolute atomic E-state index is 0.0147. The van der Waals surface area contributed by atoms with Crippen molar-refractivity contribution >= 4 is 11.6 Å². The van der Waals surface area contributed by atoms with Crippen LogP contribution in [0.25, 0.3) is 17.1 Å². The van der Waals surface area contributed by atoms with Gasteiger partial charge in [0.15, 0.2) is 22.8 Å². The van der Waals surface area contributed by atoms with Crippen molar-refractivity contribution in [3.63, 3.8) is 0 Å². The number of halogens is 3. The molecule has 0 bridgehead atoms. The predicted octanol–water partition coefficient (Wildman–Crippen LogP) is 3.47. The zero-order chi connectivity index (χ0) is 21.0. The van der Waals surface area contributed by atoms with E-state index in [1.54, 1.807) is 6.07 Å². The molecule has 0 fully saturated rings. The fraction of sp³-hybridized carbons (Fsp3) is 0.421. The van der Waals surface area contributed by atoms with Gasteiger partial charge in [-0.25, -0.2) is 9.50 Å². The lowest BCUT2D eigenvalue weighted by Gasteiger charge is -2.17. The molecule has 0 aliphatic carbocycles. The molecule has 3 heterocycles. The van der Waals surface area contributed by atoms with Crippen LogP contribution in [0, 0.1) is 0 Å². The average Bonchev–Trinajstić information content (AvgIpc) is 3.36. The van der Waals surface area contributed by atoms with Gasteiger partial charge in [-0.2, -0.15) is 18.3 Å². The van der Waals surface area contributed by atoms with Crippen molar-refractivity contribution in [2.24, 2.45) is 0 Å². The van der Waals surface area contributed by atoms with Crippen LogP contribution in [0.15, 0.2) is 34.9 Å². The molecule has 1 amide bonds. The fourth-order valence-electron chi connectivity index (χ4n) is 2.97. The highest BCUT2D eigenvalue weighted by Crippen LogP contribution is 2.32. The van der Waals surface area contributed by atoms with Crippen molar-refractivity contribution in [2.75, 3.05) is 26.2 Å². The number of nitrogens with one attached hydrogen (secondary N) is 1. The van der Waals surface area contributed by atoms with Crippen LogP contribution in [0.1, 0.15) is 36.5 Å². The van der Waals surface area contributed by atoms with Gasteiger partial charge in [0, 0.05) is 12.6 Å². The summed E-state index contributed by atoms with van der Waals surface area (Å²) >= 11 is 0. The standard InChI is InChI=1S/C19H22F3N5O2/c1-3-26(4-2)9-6-8-23-18(28)14-12-17-24-13(15-7-5-10-29-15)11-16(19(20,21)22)27(17)25-14/h5,7,10-12H,3-4,6,8-9H2,1-2H3,(H,23,28). The van der Waals surface area contributed by atoms with Crippen molar-refractivity contribution in [3.05, 3.63) is 41.9 Å². The van der Waals surface area contributed by atoms with E-state index in [0.717, 1.165) is 32.1 Å². The Morgan fingerprint density at radius 3 is 2.66 bits per heavy atom. The summed E-state index contributed by atoms with van der Waals surface area (Å²) in [7, 11) is 0. The Morgan fingerprint density at radius 2 is 2.03 bits per heavy atom. The van der Waals surface area contributed by atoms with E-state index in [1.807, 2.05) is 0 Å². The topological polar surface area (TPSA) is 75.7 Å². The second kappa shape index (κ2) is 8.64. The first kappa shape index (κ1) is 20.8. The van der Waals surface area contributed by atoms with Crippen molar-refractivity contribution < 1.29 is 22.4 Å². The summed E-state index contributed by atoms with van der Waals surface area (Å²) < 4.78 is 46.3. The lowest BCUT2D eigenvalue weighted by atomic mass is 10.2. The van der Waals surface area contributed by atoms with E-state index < -0.39 is 17.8 Å². The lowest BCUT2D eigenvalue weighted by Crippen LogP contribution is -2.30. The highest BCUT2D eigenvalue weighted by Gasteiger charge is 2.36. The van der Waals surface area contributed by atoms with Crippen LogP contribution in [0.3, 0.4) is 0 Å².